The van der Waals surface area contributed by atoms with Crippen molar-refractivity contribution in [2.75, 3.05) is 6.54 Å². The number of hydrogen-bond donors (Lipinski definition) is 0. The molecular weight excluding hydrogens is 189 g/mol. The summed E-state index contributed by atoms with van der Waals surface area (Å²) in [6.45, 7) is 2.04. The number of nitrogens with zero attached hydrogens (tertiary/aromatic N) is 1. The van der Waals surface area contributed by atoms with E-state index in [1.54, 1.807) is 6.92 Å². The van der Waals surface area contributed by atoms with Crippen molar-refractivity contribution in [1.82, 2.24) is 4.90 Å². The normalized spacial score (nSPS) is 31.7. The molecule has 0 bridgehead atoms. The van der Waals surface area contributed by atoms with Gasteiger partial charge < -0.3 is 0 Å². The zero-order valence-electron chi connectivity index (χ0n) is 5.88. The summed E-state index contributed by atoms with van der Waals surface area (Å²) in [5.74, 6) is -0.779. The highest BCUT2D eigenvalue weighted by Crippen LogP contribution is 2.22. The van der Waals surface area contributed by atoms with Gasteiger partial charge in [-0.05, 0) is 6.92 Å². The van der Waals surface area contributed by atoms with Crippen molar-refractivity contribution in [3.05, 3.63) is 0 Å². The lowest BCUT2D eigenvalue weighted by atomic mass is 10.3. The summed E-state index contributed by atoms with van der Waals surface area (Å²) in [5.41, 5.74) is 0. The number of alkyl halides is 2. The summed E-state index contributed by atoms with van der Waals surface area (Å²) in [5, 5.41) is -1.77. The molecule has 0 N–H and O–H groups in total. The second-order valence-electron chi connectivity index (χ2n) is 2.22. The molecule has 0 aliphatic carbocycles. The Bertz CT molecular complexity index is 187. The minimum absolute atomic E-state index is 0.337. The standard InChI is InChI=1S/C6H7Cl2NO2/c1-2-9-5(10)3(7)4(8)6(9)11/h3-4H,2H2,1H3. The highest BCUT2D eigenvalue weighted by molar-refractivity contribution is 6.47. The lowest BCUT2D eigenvalue weighted by Gasteiger charge is -2.08. The van der Waals surface area contributed by atoms with Gasteiger partial charge in [0.25, 0.3) is 0 Å². The Balaban J connectivity index is 2.86. The van der Waals surface area contributed by atoms with Gasteiger partial charge in [-0.15, -0.1) is 23.2 Å². The Hall–Kier alpha value is -0.280. The topological polar surface area (TPSA) is 37.4 Å². The van der Waals surface area contributed by atoms with E-state index in [4.69, 9.17) is 23.2 Å². The van der Waals surface area contributed by atoms with E-state index in [0.717, 1.165) is 4.90 Å². The van der Waals surface area contributed by atoms with E-state index in [1.165, 1.54) is 0 Å². The number of halogens is 2. The molecule has 0 spiro atoms. The van der Waals surface area contributed by atoms with E-state index < -0.39 is 10.8 Å². The monoisotopic (exact) mass is 195 g/mol. The summed E-state index contributed by atoms with van der Waals surface area (Å²) in [6, 6.07) is 0. The number of carbonyl (C=O) groups excluding carboxylic acids is 2. The minimum atomic E-state index is -0.885. The van der Waals surface area contributed by atoms with Crippen LogP contribution in [-0.2, 0) is 9.59 Å². The fourth-order valence-electron chi connectivity index (χ4n) is 0.968. The second kappa shape index (κ2) is 2.99. The number of rotatable bonds is 1. The molecule has 62 valence electrons. The van der Waals surface area contributed by atoms with Crippen LogP contribution in [0.1, 0.15) is 6.92 Å². The van der Waals surface area contributed by atoms with Gasteiger partial charge in [0, 0.05) is 6.54 Å². The number of imide groups is 1. The zero-order valence-corrected chi connectivity index (χ0v) is 7.39. The molecule has 1 fully saturated rings. The van der Waals surface area contributed by atoms with Gasteiger partial charge in [0.05, 0.1) is 0 Å². The van der Waals surface area contributed by atoms with Crippen molar-refractivity contribution in [3.63, 3.8) is 0 Å². The predicted octanol–water partition coefficient (Wildman–Crippen LogP) is 0.590. The maximum absolute atomic E-state index is 11.0. The molecule has 0 saturated carbocycles. The Morgan fingerprint density at radius 2 is 1.64 bits per heavy atom. The highest BCUT2D eigenvalue weighted by atomic mass is 35.5. The molecule has 5 heteroatoms. The predicted molar refractivity (Wildman–Crippen MR) is 41.7 cm³/mol. The van der Waals surface area contributed by atoms with Gasteiger partial charge >= 0.3 is 0 Å². The largest absolute Gasteiger partial charge is 0.280 e. The molecule has 11 heavy (non-hydrogen) atoms. The van der Waals surface area contributed by atoms with E-state index in [0.29, 0.717) is 6.54 Å². The summed E-state index contributed by atoms with van der Waals surface area (Å²) in [4.78, 5) is 23.2. The molecule has 0 aromatic rings. The maximum Gasteiger partial charge on any atom is 0.249 e. The van der Waals surface area contributed by atoms with Crippen LogP contribution in [-0.4, -0.2) is 34.0 Å². The Morgan fingerprint density at radius 3 is 1.82 bits per heavy atom. The molecular formula is C6H7Cl2NO2. The lowest BCUT2D eigenvalue weighted by molar-refractivity contribution is -0.137. The van der Waals surface area contributed by atoms with Crippen LogP contribution in [0.2, 0.25) is 0 Å². The molecule has 2 amide bonds. The number of hydrogen-bond acceptors (Lipinski definition) is 2. The fraction of sp³-hybridized carbons (Fsp3) is 0.667. The minimum Gasteiger partial charge on any atom is -0.280 e. The Kier molecular flexibility index (Phi) is 2.40. The second-order valence-corrected chi connectivity index (χ2v) is 3.16. The highest BCUT2D eigenvalue weighted by Gasteiger charge is 2.44. The van der Waals surface area contributed by atoms with Gasteiger partial charge in [0.15, 0.2) is 0 Å². The van der Waals surface area contributed by atoms with Gasteiger partial charge in [-0.1, -0.05) is 0 Å². The van der Waals surface area contributed by atoms with Crippen LogP contribution in [0, 0.1) is 0 Å². The molecule has 1 aliphatic heterocycles. The van der Waals surface area contributed by atoms with Gasteiger partial charge in [-0.25, -0.2) is 0 Å². The third kappa shape index (κ3) is 1.23. The zero-order chi connectivity index (χ0) is 8.59. The average molecular weight is 196 g/mol. The van der Waals surface area contributed by atoms with Crippen molar-refractivity contribution in [2.24, 2.45) is 0 Å². The van der Waals surface area contributed by atoms with Crippen molar-refractivity contribution in [3.8, 4) is 0 Å². The molecule has 3 nitrogen and oxygen atoms in total. The molecule has 0 aromatic carbocycles. The van der Waals surface area contributed by atoms with Gasteiger partial charge in [-0.3, -0.25) is 14.5 Å². The van der Waals surface area contributed by atoms with Crippen molar-refractivity contribution in [2.45, 2.75) is 17.7 Å². The molecule has 1 aliphatic rings. The summed E-state index contributed by atoms with van der Waals surface area (Å²) >= 11 is 11.1. The van der Waals surface area contributed by atoms with E-state index in [1.807, 2.05) is 0 Å². The summed E-state index contributed by atoms with van der Waals surface area (Å²) in [6.07, 6.45) is 0. The van der Waals surface area contributed by atoms with E-state index in [9.17, 15) is 9.59 Å². The van der Waals surface area contributed by atoms with E-state index in [-0.39, 0.29) is 11.8 Å². The first kappa shape index (κ1) is 8.81. The molecule has 2 atom stereocenters. The van der Waals surface area contributed by atoms with Gasteiger partial charge in [0.1, 0.15) is 10.8 Å². The first-order chi connectivity index (χ1) is 5.09. The first-order valence-corrected chi connectivity index (χ1v) is 4.10. The number of amides is 2. The van der Waals surface area contributed by atoms with Crippen LogP contribution < -0.4 is 0 Å². The average Bonchev–Trinajstić information content (AvgIpc) is 2.17. The molecule has 1 heterocycles. The number of carbonyl (C=O) groups is 2. The van der Waals surface area contributed by atoms with Crippen LogP contribution in [0.4, 0.5) is 0 Å². The van der Waals surface area contributed by atoms with Crippen LogP contribution in [0.5, 0.6) is 0 Å². The van der Waals surface area contributed by atoms with Crippen molar-refractivity contribution < 1.29 is 9.59 Å². The van der Waals surface area contributed by atoms with Gasteiger partial charge in [-0.2, -0.15) is 0 Å². The van der Waals surface area contributed by atoms with Crippen molar-refractivity contribution >= 4 is 35.0 Å². The Morgan fingerprint density at radius 1 is 1.27 bits per heavy atom. The smallest absolute Gasteiger partial charge is 0.249 e. The number of likely N-dealkylation sites (tertiary alicyclic amines) is 1. The molecule has 0 radical (unpaired) electrons. The lowest BCUT2D eigenvalue weighted by Crippen LogP contribution is -2.30. The SMILES string of the molecule is CCN1C(=O)C(Cl)C(Cl)C1=O. The molecule has 1 rings (SSSR count). The van der Waals surface area contributed by atoms with Crippen molar-refractivity contribution in [1.29, 1.82) is 0 Å². The van der Waals surface area contributed by atoms with E-state index in [2.05, 4.69) is 0 Å². The summed E-state index contributed by atoms with van der Waals surface area (Å²) in [7, 11) is 0. The van der Waals surface area contributed by atoms with E-state index >= 15 is 0 Å². The van der Waals surface area contributed by atoms with Crippen LogP contribution in [0.3, 0.4) is 0 Å². The van der Waals surface area contributed by atoms with Crippen LogP contribution >= 0.6 is 23.2 Å². The maximum atomic E-state index is 11.0. The third-order valence-electron chi connectivity index (χ3n) is 1.58. The summed E-state index contributed by atoms with van der Waals surface area (Å²) < 4.78 is 0. The van der Waals surface area contributed by atoms with Crippen LogP contribution in [0.15, 0.2) is 0 Å². The van der Waals surface area contributed by atoms with Gasteiger partial charge in [0.2, 0.25) is 11.8 Å². The molecule has 2 unspecified atom stereocenters. The third-order valence-corrected chi connectivity index (χ3v) is 2.58. The van der Waals surface area contributed by atoms with Crippen LogP contribution in [0.25, 0.3) is 0 Å². The quantitative estimate of drug-likeness (QED) is 0.454. The fourth-order valence-corrected chi connectivity index (χ4v) is 1.42. The first-order valence-electron chi connectivity index (χ1n) is 3.23. The Labute approximate surface area is 74.2 Å². The molecule has 0 aromatic heterocycles. The molecule has 1 saturated heterocycles.